The van der Waals surface area contributed by atoms with Crippen molar-refractivity contribution < 1.29 is 15.3 Å². The molecule has 0 unspecified atom stereocenters. The quantitative estimate of drug-likeness (QED) is 0.224. The first-order valence-corrected chi connectivity index (χ1v) is 12.1. The number of aryl methyl sites for hydroxylation is 2. The van der Waals surface area contributed by atoms with Gasteiger partial charge in [0.05, 0.1) is 0 Å². The van der Waals surface area contributed by atoms with E-state index < -0.39 is 0 Å². The van der Waals surface area contributed by atoms with Gasteiger partial charge in [-0.1, -0.05) is 52.4 Å². The van der Waals surface area contributed by atoms with Crippen LogP contribution in [-0.2, 0) is 12.8 Å². The van der Waals surface area contributed by atoms with Gasteiger partial charge in [-0.2, -0.15) is 0 Å². The van der Waals surface area contributed by atoms with Crippen LogP contribution in [0.4, 0.5) is 0 Å². The van der Waals surface area contributed by atoms with Crippen molar-refractivity contribution in [2.75, 3.05) is 0 Å². The second-order valence-electron chi connectivity index (χ2n) is 10.7. The minimum atomic E-state index is -0.333. The molecule has 3 nitrogen and oxygen atoms in total. The molecule has 29 heavy (non-hydrogen) atoms. The summed E-state index contributed by atoms with van der Waals surface area (Å²) in [4.78, 5) is 0. The predicted molar refractivity (Wildman–Crippen MR) is 120 cm³/mol. The summed E-state index contributed by atoms with van der Waals surface area (Å²) in [7, 11) is 0. The van der Waals surface area contributed by atoms with Gasteiger partial charge in [0.25, 0.3) is 0 Å². The smallest absolute Gasteiger partial charge is 0.200 e. The summed E-state index contributed by atoms with van der Waals surface area (Å²) < 4.78 is 0. The number of rotatable bonds is 14. The van der Waals surface area contributed by atoms with Gasteiger partial charge < -0.3 is 15.3 Å². The standard InChI is InChI=1S/C26H42O3/c1-25(15-16-25)13-9-5-3-7-11-20-19-21(23(28)24(29)22(20)27)12-8-4-6-10-14-26(2)17-18-26/h19,27-29H,3-18H2,1-2H3. The van der Waals surface area contributed by atoms with Crippen LogP contribution in [0.1, 0.15) is 115 Å². The zero-order chi connectivity index (χ0) is 20.9. The fourth-order valence-corrected chi connectivity index (χ4v) is 4.51. The Morgan fingerprint density at radius 3 is 1.34 bits per heavy atom. The molecule has 3 N–H and O–H groups in total. The summed E-state index contributed by atoms with van der Waals surface area (Å²) in [5.41, 5.74) is 2.86. The van der Waals surface area contributed by atoms with Crippen LogP contribution in [0.5, 0.6) is 17.2 Å². The average molecular weight is 403 g/mol. The maximum Gasteiger partial charge on any atom is 0.200 e. The molecule has 0 aliphatic heterocycles. The average Bonchev–Trinajstić information content (AvgIpc) is 3.61. The lowest BCUT2D eigenvalue weighted by atomic mass is 9.96. The molecule has 164 valence electrons. The van der Waals surface area contributed by atoms with E-state index in [9.17, 15) is 15.3 Å². The molecule has 0 bridgehead atoms. The van der Waals surface area contributed by atoms with Crippen LogP contribution in [0, 0.1) is 10.8 Å². The van der Waals surface area contributed by atoms with E-state index in [2.05, 4.69) is 13.8 Å². The molecule has 0 amide bonds. The van der Waals surface area contributed by atoms with Crippen molar-refractivity contribution in [1.82, 2.24) is 0 Å². The molecule has 0 saturated heterocycles. The van der Waals surface area contributed by atoms with Crippen molar-refractivity contribution >= 4 is 0 Å². The van der Waals surface area contributed by atoms with Gasteiger partial charge in [0.1, 0.15) is 0 Å². The van der Waals surface area contributed by atoms with Crippen molar-refractivity contribution in [3.8, 4) is 17.2 Å². The number of unbranched alkanes of at least 4 members (excludes halogenated alkanes) is 6. The third-order valence-corrected chi connectivity index (χ3v) is 7.57. The third-order valence-electron chi connectivity index (χ3n) is 7.57. The maximum atomic E-state index is 10.2. The fourth-order valence-electron chi connectivity index (χ4n) is 4.51. The van der Waals surface area contributed by atoms with Crippen LogP contribution < -0.4 is 0 Å². The summed E-state index contributed by atoms with van der Waals surface area (Å²) in [5, 5.41) is 30.6. The minimum Gasteiger partial charge on any atom is -0.504 e. The Labute approximate surface area is 177 Å². The lowest BCUT2D eigenvalue weighted by Crippen LogP contribution is -1.95. The number of aromatic hydroxyl groups is 3. The van der Waals surface area contributed by atoms with Crippen molar-refractivity contribution in [3.63, 3.8) is 0 Å². The summed E-state index contributed by atoms with van der Waals surface area (Å²) >= 11 is 0. The first-order valence-electron chi connectivity index (χ1n) is 12.1. The molecule has 0 heterocycles. The van der Waals surface area contributed by atoms with Crippen molar-refractivity contribution in [1.29, 1.82) is 0 Å². The molecule has 0 aromatic heterocycles. The zero-order valence-electron chi connectivity index (χ0n) is 18.7. The molecular formula is C26H42O3. The van der Waals surface area contributed by atoms with E-state index >= 15 is 0 Å². The molecule has 0 atom stereocenters. The number of hydrogen-bond acceptors (Lipinski definition) is 3. The van der Waals surface area contributed by atoms with Crippen LogP contribution in [-0.4, -0.2) is 15.3 Å². The molecule has 1 aromatic rings. The van der Waals surface area contributed by atoms with Crippen LogP contribution in [0.15, 0.2) is 6.07 Å². The van der Waals surface area contributed by atoms with E-state index in [1.165, 1.54) is 64.2 Å². The number of benzene rings is 1. The molecule has 1 aromatic carbocycles. The van der Waals surface area contributed by atoms with E-state index in [4.69, 9.17) is 0 Å². The van der Waals surface area contributed by atoms with E-state index in [1.807, 2.05) is 6.07 Å². The molecule has 2 aliphatic rings. The second-order valence-corrected chi connectivity index (χ2v) is 10.7. The molecular weight excluding hydrogens is 360 g/mol. The highest BCUT2D eigenvalue weighted by atomic mass is 16.3. The largest absolute Gasteiger partial charge is 0.504 e. The normalized spacial score (nSPS) is 18.7. The van der Waals surface area contributed by atoms with Crippen LogP contribution in [0.2, 0.25) is 0 Å². The van der Waals surface area contributed by atoms with Gasteiger partial charge >= 0.3 is 0 Å². The first kappa shape index (κ1) is 22.3. The van der Waals surface area contributed by atoms with E-state index in [1.54, 1.807) is 0 Å². The van der Waals surface area contributed by atoms with Gasteiger partial charge in [0.2, 0.25) is 5.75 Å². The summed E-state index contributed by atoms with van der Waals surface area (Å²) in [5.74, 6) is -0.593. The van der Waals surface area contributed by atoms with Crippen LogP contribution in [0.25, 0.3) is 0 Å². The topological polar surface area (TPSA) is 60.7 Å². The minimum absolute atomic E-state index is 0.130. The fraction of sp³-hybridized carbons (Fsp3) is 0.769. The van der Waals surface area contributed by atoms with Gasteiger partial charge in [-0.05, 0) is 92.2 Å². The Balaban J connectivity index is 1.38. The Hall–Kier alpha value is -1.38. The highest BCUT2D eigenvalue weighted by molar-refractivity contribution is 5.57. The van der Waals surface area contributed by atoms with Crippen LogP contribution in [0.3, 0.4) is 0 Å². The number of phenols is 3. The molecule has 3 heteroatoms. The van der Waals surface area contributed by atoms with Gasteiger partial charge in [-0.15, -0.1) is 0 Å². The first-order chi connectivity index (χ1) is 13.8. The number of phenolic OH excluding ortho intramolecular Hbond substituents is 3. The molecule has 0 spiro atoms. The Kier molecular flexibility index (Phi) is 7.40. The Morgan fingerprint density at radius 1 is 0.586 bits per heavy atom. The molecule has 2 aliphatic carbocycles. The molecule has 2 saturated carbocycles. The van der Waals surface area contributed by atoms with Gasteiger partial charge in [-0.3, -0.25) is 0 Å². The zero-order valence-corrected chi connectivity index (χ0v) is 18.7. The Morgan fingerprint density at radius 2 is 0.966 bits per heavy atom. The van der Waals surface area contributed by atoms with Gasteiger partial charge in [0, 0.05) is 0 Å². The highest BCUT2D eigenvalue weighted by Gasteiger charge is 2.36. The van der Waals surface area contributed by atoms with E-state index in [0.717, 1.165) is 49.7 Å². The van der Waals surface area contributed by atoms with Crippen molar-refractivity contribution in [2.45, 2.75) is 117 Å². The third kappa shape index (κ3) is 6.83. The highest BCUT2D eigenvalue weighted by Crippen LogP contribution is 2.50. The monoisotopic (exact) mass is 402 g/mol. The summed E-state index contributed by atoms with van der Waals surface area (Å²) in [6.45, 7) is 4.78. The van der Waals surface area contributed by atoms with Gasteiger partial charge in [-0.25, -0.2) is 0 Å². The van der Waals surface area contributed by atoms with Crippen molar-refractivity contribution in [2.24, 2.45) is 10.8 Å². The second kappa shape index (κ2) is 9.62. The summed E-state index contributed by atoms with van der Waals surface area (Å²) in [6.07, 6.45) is 19.3. The summed E-state index contributed by atoms with van der Waals surface area (Å²) in [6, 6.07) is 1.92. The maximum absolute atomic E-state index is 10.2. The van der Waals surface area contributed by atoms with E-state index in [0.29, 0.717) is 10.8 Å². The predicted octanol–water partition coefficient (Wildman–Crippen LogP) is 7.39. The number of hydrogen-bond donors (Lipinski definition) is 3. The lowest BCUT2D eigenvalue weighted by molar-refractivity contribution is 0.361. The molecule has 2 fully saturated rings. The SMILES string of the molecule is CC1(CCCCCCc2cc(CCCCCCC3(C)CC3)c(O)c(O)c2O)CC1. The molecule has 0 radical (unpaired) electrons. The molecule has 3 rings (SSSR count). The lowest BCUT2D eigenvalue weighted by Gasteiger charge is -2.13. The Bertz CT molecular complexity index is 617. The van der Waals surface area contributed by atoms with Crippen molar-refractivity contribution in [3.05, 3.63) is 17.2 Å². The van der Waals surface area contributed by atoms with Gasteiger partial charge in [0.15, 0.2) is 11.5 Å². The van der Waals surface area contributed by atoms with Crippen LogP contribution >= 0.6 is 0 Å². The van der Waals surface area contributed by atoms with E-state index in [-0.39, 0.29) is 17.2 Å².